The first-order valence-electron chi connectivity index (χ1n) is 5.91. The van der Waals surface area contributed by atoms with Crippen LogP contribution in [-0.2, 0) is 14.4 Å². The molecular formula is C11H19N3O3S. The topological polar surface area (TPSA) is 78.5 Å². The molecule has 0 spiro atoms. The Hall–Kier alpha value is -1.08. The second-order valence-corrected chi connectivity index (χ2v) is 5.16. The van der Waals surface area contributed by atoms with E-state index in [0.717, 1.165) is 6.54 Å². The van der Waals surface area contributed by atoms with Gasteiger partial charge in [-0.3, -0.25) is 19.3 Å². The van der Waals surface area contributed by atoms with Gasteiger partial charge < -0.3 is 10.6 Å². The molecule has 0 unspecified atom stereocenters. The summed E-state index contributed by atoms with van der Waals surface area (Å²) in [4.78, 5) is 35.2. The number of carbonyl (C=O) groups is 3. The van der Waals surface area contributed by atoms with Crippen LogP contribution in [0.25, 0.3) is 0 Å². The summed E-state index contributed by atoms with van der Waals surface area (Å²) in [6, 6.07) is 0. The number of thioether (sulfide) groups is 1. The van der Waals surface area contributed by atoms with Crippen molar-refractivity contribution in [1.82, 2.24) is 15.5 Å². The molecule has 0 bridgehead atoms. The van der Waals surface area contributed by atoms with E-state index in [4.69, 9.17) is 0 Å². The molecule has 0 aliphatic carbocycles. The second-order valence-electron chi connectivity index (χ2n) is 4.17. The predicted molar refractivity (Wildman–Crippen MR) is 70.5 cm³/mol. The Bertz CT molecular complexity index is 323. The van der Waals surface area contributed by atoms with Crippen LogP contribution in [0.4, 0.5) is 0 Å². The van der Waals surface area contributed by atoms with Gasteiger partial charge in [0, 0.05) is 26.2 Å². The molecule has 102 valence electrons. The number of carbonyl (C=O) groups excluding carboxylic acids is 3. The van der Waals surface area contributed by atoms with Gasteiger partial charge in [-0.05, 0) is 6.92 Å². The van der Waals surface area contributed by atoms with E-state index < -0.39 is 0 Å². The standard InChI is InChI=1S/C11H19N3O3S/c1-9(15)7-18-8-11(17)13-3-5-14-4-2-12-10(16)6-14/h2-8H2,1H3,(H,12,16)(H,13,17). The fraction of sp³-hybridized carbons (Fsp3) is 0.727. The van der Waals surface area contributed by atoms with Crippen molar-refractivity contribution >= 4 is 29.4 Å². The first kappa shape index (κ1) is 15.0. The van der Waals surface area contributed by atoms with Crippen molar-refractivity contribution in [3.63, 3.8) is 0 Å². The molecule has 1 saturated heterocycles. The lowest BCUT2D eigenvalue weighted by Crippen LogP contribution is -2.49. The Morgan fingerprint density at radius 1 is 1.44 bits per heavy atom. The van der Waals surface area contributed by atoms with E-state index in [1.165, 1.54) is 18.7 Å². The van der Waals surface area contributed by atoms with Gasteiger partial charge in [0.25, 0.3) is 0 Å². The molecule has 0 atom stereocenters. The summed E-state index contributed by atoms with van der Waals surface area (Å²) in [5.74, 6) is 0.721. The second kappa shape index (κ2) is 8.10. The van der Waals surface area contributed by atoms with Crippen molar-refractivity contribution in [2.45, 2.75) is 6.92 Å². The average molecular weight is 273 g/mol. The quantitative estimate of drug-likeness (QED) is 0.613. The van der Waals surface area contributed by atoms with Crippen LogP contribution in [-0.4, -0.2) is 66.7 Å². The van der Waals surface area contributed by atoms with Crippen LogP contribution in [0.2, 0.25) is 0 Å². The number of nitrogens with zero attached hydrogens (tertiary/aromatic N) is 1. The first-order chi connectivity index (χ1) is 8.58. The van der Waals surface area contributed by atoms with E-state index in [-0.39, 0.29) is 17.6 Å². The van der Waals surface area contributed by atoms with E-state index in [1.807, 2.05) is 4.90 Å². The van der Waals surface area contributed by atoms with Crippen LogP contribution in [0, 0.1) is 0 Å². The zero-order chi connectivity index (χ0) is 13.4. The number of hydrogen-bond acceptors (Lipinski definition) is 5. The molecule has 1 aliphatic heterocycles. The van der Waals surface area contributed by atoms with Crippen molar-refractivity contribution in [3.05, 3.63) is 0 Å². The molecular weight excluding hydrogens is 254 g/mol. The van der Waals surface area contributed by atoms with Crippen LogP contribution >= 0.6 is 11.8 Å². The lowest BCUT2D eigenvalue weighted by molar-refractivity contribution is -0.124. The van der Waals surface area contributed by atoms with Gasteiger partial charge in [-0.2, -0.15) is 0 Å². The van der Waals surface area contributed by atoms with Crippen LogP contribution in [0.15, 0.2) is 0 Å². The number of nitrogens with one attached hydrogen (secondary N) is 2. The fourth-order valence-electron chi connectivity index (χ4n) is 1.57. The highest BCUT2D eigenvalue weighted by Gasteiger charge is 2.15. The van der Waals surface area contributed by atoms with E-state index in [2.05, 4.69) is 10.6 Å². The lowest BCUT2D eigenvalue weighted by atomic mass is 10.3. The molecule has 0 radical (unpaired) electrons. The molecule has 2 amide bonds. The van der Waals surface area contributed by atoms with E-state index in [1.54, 1.807) is 0 Å². The van der Waals surface area contributed by atoms with E-state index in [0.29, 0.717) is 37.7 Å². The maximum atomic E-state index is 11.4. The number of hydrogen-bond donors (Lipinski definition) is 2. The molecule has 0 aromatic carbocycles. The summed E-state index contributed by atoms with van der Waals surface area (Å²) in [5, 5.41) is 5.52. The minimum absolute atomic E-state index is 0.0320. The Kier molecular flexibility index (Phi) is 6.74. The molecule has 6 nitrogen and oxygen atoms in total. The maximum Gasteiger partial charge on any atom is 0.234 e. The van der Waals surface area contributed by atoms with Gasteiger partial charge in [0.1, 0.15) is 5.78 Å². The minimum Gasteiger partial charge on any atom is -0.354 e. The van der Waals surface area contributed by atoms with Crippen molar-refractivity contribution in [2.75, 3.05) is 44.2 Å². The molecule has 1 fully saturated rings. The zero-order valence-corrected chi connectivity index (χ0v) is 11.3. The largest absolute Gasteiger partial charge is 0.354 e. The molecule has 2 N–H and O–H groups in total. The maximum absolute atomic E-state index is 11.4. The summed E-state index contributed by atoms with van der Waals surface area (Å²) < 4.78 is 0. The fourth-order valence-corrected chi connectivity index (χ4v) is 2.25. The van der Waals surface area contributed by atoms with Gasteiger partial charge in [0.05, 0.1) is 18.1 Å². The summed E-state index contributed by atoms with van der Waals surface area (Å²) in [6.07, 6.45) is 0. The Labute approximate surface area is 111 Å². The number of ketones is 1. The van der Waals surface area contributed by atoms with Crippen molar-refractivity contribution < 1.29 is 14.4 Å². The predicted octanol–water partition coefficient (Wildman–Crippen LogP) is -1.14. The third-order valence-electron chi connectivity index (χ3n) is 2.41. The minimum atomic E-state index is -0.0669. The normalized spacial score (nSPS) is 16.2. The number of Topliss-reactive ketones (excluding diaryl/α,β-unsaturated/α-hetero) is 1. The molecule has 0 saturated carbocycles. The highest BCUT2D eigenvalue weighted by atomic mass is 32.2. The molecule has 18 heavy (non-hydrogen) atoms. The molecule has 0 aromatic heterocycles. The van der Waals surface area contributed by atoms with Gasteiger partial charge in [-0.1, -0.05) is 0 Å². The summed E-state index contributed by atoms with van der Waals surface area (Å²) in [5.41, 5.74) is 0. The summed E-state index contributed by atoms with van der Waals surface area (Å²) in [6.45, 7) is 4.60. The molecule has 1 heterocycles. The first-order valence-corrected chi connectivity index (χ1v) is 7.06. The average Bonchev–Trinajstić information content (AvgIpc) is 2.28. The van der Waals surface area contributed by atoms with Crippen LogP contribution in [0.1, 0.15) is 6.92 Å². The molecule has 1 rings (SSSR count). The highest BCUT2D eigenvalue weighted by Crippen LogP contribution is 1.98. The van der Waals surface area contributed by atoms with Crippen molar-refractivity contribution in [3.8, 4) is 0 Å². The number of rotatable bonds is 7. The highest BCUT2D eigenvalue weighted by molar-refractivity contribution is 8.00. The van der Waals surface area contributed by atoms with Gasteiger partial charge in [-0.15, -0.1) is 11.8 Å². The molecule has 0 aromatic rings. The van der Waals surface area contributed by atoms with E-state index in [9.17, 15) is 14.4 Å². The van der Waals surface area contributed by atoms with Gasteiger partial charge >= 0.3 is 0 Å². The Morgan fingerprint density at radius 3 is 2.89 bits per heavy atom. The molecule has 7 heteroatoms. The van der Waals surface area contributed by atoms with Crippen LogP contribution in [0.5, 0.6) is 0 Å². The van der Waals surface area contributed by atoms with E-state index >= 15 is 0 Å². The SMILES string of the molecule is CC(=O)CSCC(=O)NCCN1CCNC(=O)C1. The molecule has 1 aliphatic rings. The number of piperazine rings is 1. The van der Waals surface area contributed by atoms with Crippen LogP contribution < -0.4 is 10.6 Å². The van der Waals surface area contributed by atoms with Gasteiger partial charge in [0.2, 0.25) is 11.8 Å². The number of amides is 2. The van der Waals surface area contributed by atoms with Gasteiger partial charge in [0.15, 0.2) is 0 Å². The van der Waals surface area contributed by atoms with Crippen molar-refractivity contribution in [2.24, 2.45) is 0 Å². The third-order valence-corrected chi connectivity index (χ3v) is 3.48. The Morgan fingerprint density at radius 2 is 2.22 bits per heavy atom. The van der Waals surface area contributed by atoms with Gasteiger partial charge in [-0.25, -0.2) is 0 Å². The zero-order valence-electron chi connectivity index (χ0n) is 10.5. The third kappa shape index (κ3) is 6.61. The lowest BCUT2D eigenvalue weighted by Gasteiger charge is -2.26. The Balaban J connectivity index is 2.04. The summed E-state index contributed by atoms with van der Waals surface area (Å²) >= 11 is 1.32. The monoisotopic (exact) mass is 273 g/mol. The van der Waals surface area contributed by atoms with Crippen LogP contribution in [0.3, 0.4) is 0 Å². The smallest absolute Gasteiger partial charge is 0.234 e. The summed E-state index contributed by atoms with van der Waals surface area (Å²) in [7, 11) is 0. The van der Waals surface area contributed by atoms with Crippen molar-refractivity contribution in [1.29, 1.82) is 0 Å².